The van der Waals surface area contributed by atoms with Gasteiger partial charge in [-0.15, -0.1) is 0 Å². The molecule has 0 radical (unpaired) electrons. The monoisotopic (exact) mass is 195 g/mol. The number of rotatable bonds is 2. The summed E-state index contributed by atoms with van der Waals surface area (Å²) in [7, 11) is 0. The second kappa shape index (κ2) is 4.65. The summed E-state index contributed by atoms with van der Waals surface area (Å²) in [5, 5.41) is 3.90. The molecule has 2 saturated carbocycles. The van der Waals surface area contributed by atoms with Crippen molar-refractivity contribution in [1.82, 2.24) is 5.32 Å². The summed E-state index contributed by atoms with van der Waals surface area (Å²) in [4.78, 5) is 0. The summed E-state index contributed by atoms with van der Waals surface area (Å²) in [5.74, 6) is 1.88. The lowest BCUT2D eigenvalue weighted by Gasteiger charge is -2.32. The van der Waals surface area contributed by atoms with Crippen molar-refractivity contribution in [1.29, 1.82) is 0 Å². The number of hydrogen-bond acceptors (Lipinski definition) is 1. The minimum atomic E-state index is 0.832. The molecule has 0 saturated heterocycles. The van der Waals surface area contributed by atoms with Crippen LogP contribution in [0.25, 0.3) is 0 Å². The fourth-order valence-electron chi connectivity index (χ4n) is 3.23. The second-order valence-electron chi connectivity index (χ2n) is 5.65. The minimum absolute atomic E-state index is 0.832. The van der Waals surface area contributed by atoms with Gasteiger partial charge in [0.1, 0.15) is 0 Å². The Morgan fingerprint density at radius 1 is 0.929 bits per heavy atom. The molecular formula is C13H25N. The molecule has 0 heterocycles. The van der Waals surface area contributed by atoms with Gasteiger partial charge in [-0.3, -0.25) is 0 Å². The molecule has 4 unspecified atom stereocenters. The highest BCUT2D eigenvalue weighted by Crippen LogP contribution is 2.29. The van der Waals surface area contributed by atoms with Crippen molar-refractivity contribution in [3.05, 3.63) is 0 Å². The van der Waals surface area contributed by atoms with Gasteiger partial charge in [-0.25, -0.2) is 0 Å². The highest BCUT2D eigenvalue weighted by atomic mass is 15.0. The topological polar surface area (TPSA) is 12.0 Å². The molecule has 0 aromatic rings. The molecule has 0 aromatic heterocycles. The van der Waals surface area contributed by atoms with E-state index >= 15 is 0 Å². The first-order chi connectivity index (χ1) is 6.75. The van der Waals surface area contributed by atoms with Crippen LogP contribution < -0.4 is 5.32 Å². The first-order valence-electron chi connectivity index (χ1n) is 6.51. The molecule has 0 amide bonds. The van der Waals surface area contributed by atoms with Gasteiger partial charge in [-0.05, 0) is 43.9 Å². The Kier molecular flexibility index (Phi) is 3.48. The Morgan fingerprint density at radius 2 is 1.71 bits per heavy atom. The van der Waals surface area contributed by atoms with Crippen LogP contribution in [0.4, 0.5) is 0 Å². The maximum Gasteiger partial charge on any atom is 0.00952 e. The number of hydrogen-bond donors (Lipinski definition) is 1. The minimum Gasteiger partial charge on any atom is -0.311 e. The van der Waals surface area contributed by atoms with E-state index < -0.39 is 0 Å². The van der Waals surface area contributed by atoms with E-state index in [1.807, 2.05) is 0 Å². The third kappa shape index (κ3) is 2.50. The van der Waals surface area contributed by atoms with Crippen LogP contribution in [0.2, 0.25) is 0 Å². The molecule has 0 aliphatic heterocycles. The van der Waals surface area contributed by atoms with Gasteiger partial charge in [0.15, 0.2) is 0 Å². The summed E-state index contributed by atoms with van der Waals surface area (Å²) in [6.07, 6.45) is 10.1. The first-order valence-corrected chi connectivity index (χ1v) is 6.51. The van der Waals surface area contributed by atoms with Gasteiger partial charge in [0, 0.05) is 12.1 Å². The zero-order valence-corrected chi connectivity index (χ0v) is 9.76. The predicted molar refractivity (Wildman–Crippen MR) is 61.4 cm³/mol. The maximum absolute atomic E-state index is 3.90. The van der Waals surface area contributed by atoms with E-state index in [4.69, 9.17) is 0 Å². The third-order valence-corrected chi connectivity index (χ3v) is 4.26. The molecule has 2 aliphatic carbocycles. The van der Waals surface area contributed by atoms with Crippen molar-refractivity contribution in [2.75, 3.05) is 0 Å². The summed E-state index contributed by atoms with van der Waals surface area (Å²) >= 11 is 0. The smallest absolute Gasteiger partial charge is 0.00952 e. The van der Waals surface area contributed by atoms with Crippen molar-refractivity contribution in [2.24, 2.45) is 11.8 Å². The van der Waals surface area contributed by atoms with Crippen LogP contribution in [0.5, 0.6) is 0 Å². The lowest BCUT2D eigenvalue weighted by molar-refractivity contribution is 0.257. The zero-order chi connectivity index (χ0) is 9.97. The van der Waals surface area contributed by atoms with E-state index in [9.17, 15) is 0 Å². The molecule has 1 heteroatoms. The van der Waals surface area contributed by atoms with Gasteiger partial charge in [-0.2, -0.15) is 0 Å². The SMILES string of the molecule is CC1CCC(NC2CCCCC2C)C1. The van der Waals surface area contributed by atoms with Gasteiger partial charge in [0.2, 0.25) is 0 Å². The lowest BCUT2D eigenvalue weighted by Crippen LogP contribution is -2.42. The lowest BCUT2D eigenvalue weighted by atomic mass is 9.85. The van der Waals surface area contributed by atoms with Crippen LogP contribution in [-0.2, 0) is 0 Å². The van der Waals surface area contributed by atoms with Gasteiger partial charge < -0.3 is 5.32 Å². The zero-order valence-electron chi connectivity index (χ0n) is 9.76. The van der Waals surface area contributed by atoms with Gasteiger partial charge in [0.25, 0.3) is 0 Å². The molecule has 0 bridgehead atoms. The molecule has 0 aromatic carbocycles. The van der Waals surface area contributed by atoms with Crippen LogP contribution in [0.15, 0.2) is 0 Å². The predicted octanol–water partition coefficient (Wildman–Crippen LogP) is 3.34. The molecule has 1 N–H and O–H groups in total. The molecular weight excluding hydrogens is 170 g/mol. The maximum atomic E-state index is 3.90. The van der Waals surface area contributed by atoms with Crippen molar-refractivity contribution >= 4 is 0 Å². The summed E-state index contributed by atoms with van der Waals surface area (Å²) < 4.78 is 0. The molecule has 2 aliphatic rings. The highest BCUT2D eigenvalue weighted by Gasteiger charge is 2.27. The highest BCUT2D eigenvalue weighted by molar-refractivity contribution is 4.85. The Balaban J connectivity index is 1.78. The van der Waals surface area contributed by atoms with E-state index in [-0.39, 0.29) is 0 Å². The van der Waals surface area contributed by atoms with Gasteiger partial charge in [0.05, 0.1) is 0 Å². The standard InChI is InChI=1S/C13H25N/c1-10-7-8-12(9-10)14-13-6-4-3-5-11(13)2/h10-14H,3-9H2,1-2H3. The van der Waals surface area contributed by atoms with Crippen molar-refractivity contribution < 1.29 is 0 Å². The quantitative estimate of drug-likeness (QED) is 0.712. The van der Waals surface area contributed by atoms with Crippen LogP contribution >= 0.6 is 0 Å². The summed E-state index contributed by atoms with van der Waals surface area (Å²) in [6.45, 7) is 4.82. The molecule has 1 nitrogen and oxygen atoms in total. The number of nitrogens with one attached hydrogen (secondary N) is 1. The first kappa shape index (κ1) is 10.5. The molecule has 0 spiro atoms. The molecule has 14 heavy (non-hydrogen) atoms. The van der Waals surface area contributed by atoms with Crippen molar-refractivity contribution in [3.8, 4) is 0 Å². The van der Waals surface area contributed by atoms with E-state index in [2.05, 4.69) is 19.2 Å². The van der Waals surface area contributed by atoms with E-state index in [0.717, 1.165) is 23.9 Å². The molecule has 4 atom stereocenters. The fourth-order valence-corrected chi connectivity index (χ4v) is 3.23. The van der Waals surface area contributed by atoms with Crippen LogP contribution in [0, 0.1) is 11.8 Å². The molecule has 2 rings (SSSR count). The fraction of sp³-hybridized carbons (Fsp3) is 1.00. The van der Waals surface area contributed by atoms with E-state index in [0.29, 0.717) is 0 Å². The Bertz CT molecular complexity index is 178. The van der Waals surface area contributed by atoms with E-state index in [1.54, 1.807) is 0 Å². The van der Waals surface area contributed by atoms with E-state index in [1.165, 1.54) is 44.9 Å². The summed E-state index contributed by atoms with van der Waals surface area (Å²) in [6, 6.07) is 1.68. The van der Waals surface area contributed by atoms with Crippen molar-refractivity contribution in [2.45, 2.75) is 70.9 Å². The summed E-state index contributed by atoms with van der Waals surface area (Å²) in [5.41, 5.74) is 0. The normalized spacial score (nSPS) is 44.1. The van der Waals surface area contributed by atoms with Crippen LogP contribution in [0.1, 0.15) is 58.8 Å². The van der Waals surface area contributed by atoms with Crippen molar-refractivity contribution in [3.63, 3.8) is 0 Å². The van der Waals surface area contributed by atoms with Crippen LogP contribution in [-0.4, -0.2) is 12.1 Å². The van der Waals surface area contributed by atoms with Gasteiger partial charge in [-0.1, -0.05) is 26.7 Å². The largest absolute Gasteiger partial charge is 0.311 e. The second-order valence-corrected chi connectivity index (χ2v) is 5.65. The average Bonchev–Trinajstić information content (AvgIpc) is 2.56. The molecule has 2 fully saturated rings. The average molecular weight is 195 g/mol. The molecule has 82 valence electrons. The third-order valence-electron chi connectivity index (χ3n) is 4.26. The van der Waals surface area contributed by atoms with Crippen LogP contribution in [0.3, 0.4) is 0 Å². The Hall–Kier alpha value is -0.0400. The Labute approximate surface area is 88.7 Å². The Morgan fingerprint density at radius 3 is 2.36 bits per heavy atom. The van der Waals surface area contributed by atoms with Gasteiger partial charge >= 0.3 is 0 Å².